The van der Waals surface area contributed by atoms with Crippen LogP contribution in [0, 0.1) is 5.82 Å². The van der Waals surface area contributed by atoms with Crippen molar-refractivity contribution in [2.75, 3.05) is 51.0 Å². The average Bonchev–Trinajstić information content (AvgIpc) is 2.60. The smallest absolute Gasteiger partial charge is 0.188 e. The van der Waals surface area contributed by atoms with Crippen molar-refractivity contribution in [3.63, 3.8) is 0 Å². The van der Waals surface area contributed by atoms with Crippen molar-refractivity contribution in [3.8, 4) is 0 Å². The van der Waals surface area contributed by atoms with Crippen LogP contribution >= 0.6 is 24.0 Å². The van der Waals surface area contributed by atoms with Crippen LogP contribution in [0.15, 0.2) is 23.2 Å². The van der Waals surface area contributed by atoms with Crippen molar-refractivity contribution in [2.45, 2.75) is 19.9 Å². The molecule has 0 spiro atoms. The Kier molecular flexibility index (Phi) is 10.7. The Morgan fingerprint density at radius 1 is 1.40 bits per heavy atom. The van der Waals surface area contributed by atoms with E-state index in [1.165, 1.54) is 6.07 Å². The van der Waals surface area contributed by atoms with Crippen LogP contribution in [-0.4, -0.2) is 52.0 Å². The van der Waals surface area contributed by atoms with Gasteiger partial charge >= 0.3 is 0 Å². The molecule has 0 aliphatic carbocycles. The van der Waals surface area contributed by atoms with Crippen LogP contribution in [0.25, 0.3) is 0 Å². The lowest BCUT2D eigenvalue weighted by Crippen LogP contribution is -2.36. The first-order valence-corrected chi connectivity index (χ1v) is 8.43. The number of morpholine rings is 1. The minimum absolute atomic E-state index is 0. The minimum atomic E-state index is -0.229. The molecule has 0 amide bonds. The van der Waals surface area contributed by atoms with Gasteiger partial charge in [0, 0.05) is 32.8 Å². The summed E-state index contributed by atoms with van der Waals surface area (Å²) in [6.07, 6.45) is 0.868. The Morgan fingerprint density at radius 2 is 2.16 bits per heavy atom. The van der Waals surface area contributed by atoms with Gasteiger partial charge in [-0.25, -0.2) is 9.38 Å². The largest absolute Gasteiger partial charge is 0.382 e. The molecule has 0 bridgehead atoms. The van der Waals surface area contributed by atoms with E-state index in [1.54, 1.807) is 6.07 Å². The number of benzene rings is 1. The van der Waals surface area contributed by atoms with Gasteiger partial charge in [0.1, 0.15) is 5.82 Å². The molecule has 25 heavy (non-hydrogen) atoms. The van der Waals surface area contributed by atoms with E-state index in [-0.39, 0.29) is 29.8 Å². The first-order valence-electron chi connectivity index (χ1n) is 8.43. The van der Waals surface area contributed by atoms with Gasteiger partial charge in [-0.15, -0.1) is 24.0 Å². The van der Waals surface area contributed by atoms with Crippen molar-refractivity contribution in [3.05, 3.63) is 29.6 Å². The lowest BCUT2D eigenvalue weighted by Gasteiger charge is -2.29. The van der Waals surface area contributed by atoms with Crippen LogP contribution in [0.4, 0.5) is 10.1 Å². The standard InChI is InChI=1S/C17H27FN4O2.HI/c1-2-23-9-3-6-20-17(19)21-13-14-4-5-16(15(18)12-14)22-7-10-24-11-8-22;/h4-5,12H,2-3,6-11,13H2,1H3,(H3,19,20,21);1H. The fourth-order valence-corrected chi connectivity index (χ4v) is 2.48. The lowest BCUT2D eigenvalue weighted by atomic mass is 10.1. The Bertz CT molecular complexity index is 539. The third-order valence-electron chi connectivity index (χ3n) is 3.77. The molecular weight excluding hydrogens is 438 g/mol. The van der Waals surface area contributed by atoms with Crippen LogP contribution in [0.3, 0.4) is 0 Å². The first kappa shape index (κ1) is 21.9. The number of aliphatic imine (C=N–C) groups is 1. The second-order valence-electron chi connectivity index (χ2n) is 5.56. The van der Waals surface area contributed by atoms with Gasteiger partial charge in [0.15, 0.2) is 5.96 Å². The van der Waals surface area contributed by atoms with Crippen LogP contribution in [-0.2, 0) is 16.0 Å². The molecule has 3 N–H and O–H groups in total. The summed E-state index contributed by atoms with van der Waals surface area (Å²) in [4.78, 5) is 6.24. The van der Waals surface area contributed by atoms with Crippen LogP contribution < -0.4 is 16.0 Å². The average molecular weight is 466 g/mol. The molecule has 1 aliphatic rings. The molecule has 0 aromatic heterocycles. The zero-order chi connectivity index (χ0) is 17.2. The number of rotatable bonds is 8. The third-order valence-corrected chi connectivity index (χ3v) is 3.77. The zero-order valence-corrected chi connectivity index (χ0v) is 17.0. The van der Waals surface area contributed by atoms with E-state index in [2.05, 4.69) is 10.3 Å². The predicted octanol–water partition coefficient (Wildman–Crippen LogP) is 2.11. The number of nitrogens with two attached hydrogens (primary N) is 1. The number of guanidine groups is 1. The van der Waals surface area contributed by atoms with E-state index in [1.807, 2.05) is 17.9 Å². The lowest BCUT2D eigenvalue weighted by molar-refractivity contribution is 0.122. The summed E-state index contributed by atoms with van der Waals surface area (Å²) in [5.74, 6) is 0.136. The van der Waals surface area contributed by atoms with Crippen molar-refractivity contribution in [1.29, 1.82) is 0 Å². The molecule has 1 aromatic carbocycles. The zero-order valence-electron chi connectivity index (χ0n) is 14.7. The topological polar surface area (TPSA) is 72.1 Å². The van der Waals surface area contributed by atoms with E-state index < -0.39 is 0 Å². The van der Waals surface area contributed by atoms with E-state index in [0.717, 1.165) is 18.6 Å². The summed E-state index contributed by atoms with van der Waals surface area (Å²) in [5, 5.41) is 3.02. The van der Waals surface area contributed by atoms with Crippen molar-refractivity contribution >= 4 is 35.6 Å². The quantitative estimate of drug-likeness (QED) is 0.266. The maximum absolute atomic E-state index is 14.3. The van der Waals surface area contributed by atoms with Crippen LogP contribution in [0.5, 0.6) is 0 Å². The van der Waals surface area contributed by atoms with Crippen LogP contribution in [0.1, 0.15) is 18.9 Å². The summed E-state index contributed by atoms with van der Waals surface area (Å²) in [6.45, 7) is 7.14. The van der Waals surface area contributed by atoms with Gasteiger partial charge in [-0.1, -0.05) is 6.07 Å². The Balaban J connectivity index is 0.00000312. The Morgan fingerprint density at radius 3 is 2.84 bits per heavy atom. The number of nitrogens with zero attached hydrogens (tertiary/aromatic N) is 2. The van der Waals surface area contributed by atoms with Gasteiger partial charge in [0.2, 0.25) is 0 Å². The number of ether oxygens (including phenoxy) is 2. The maximum Gasteiger partial charge on any atom is 0.188 e. The molecule has 0 saturated carbocycles. The first-order chi connectivity index (χ1) is 11.7. The van der Waals surface area contributed by atoms with E-state index in [9.17, 15) is 4.39 Å². The van der Waals surface area contributed by atoms with E-state index in [0.29, 0.717) is 57.6 Å². The fraction of sp³-hybridized carbons (Fsp3) is 0.588. The highest BCUT2D eigenvalue weighted by molar-refractivity contribution is 14.0. The highest BCUT2D eigenvalue weighted by atomic mass is 127. The van der Waals surface area contributed by atoms with Gasteiger partial charge < -0.3 is 25.4 Å². The molecule has 0 atom stereocenters. The number of halogens is 2. The molecule has 8 heteroatoms. The van der Waals surface area contributed by atoms with Gasteiger partial charge in [-0.2, -0.15) is 0 Å². The van der Waals surface area contributed by atoms with Crippen LogP contribution in [0.2, 0.25) is 0 Å². The SMILES string of the molecule is CCOCCCNC(N)=NCc1ccc(N2CCOCC2)c(F)c1.I. The summed E-state index contributed by atoms with van der Waals surface area (Å²) < 4.78 is 24.8. The second-order valence-corrected chi connectivity index (χ2v) is 5.56. The number of anilines is 1. The van der Waals surface area contributed by atoms with Gasteiger partial charge in [-0.05, 0) is 31.0 Å². The molecule has 0 unspecified atom stereocenters. The molecule has 0 radical (unpaired) electrons. The van der Waals surface area contributed by atoms with Gasteiger partial charge in [-0.3, -0.25) is 0 Å². The normalized spacial score (nSPS) is 15.0. The molecular formula is C17H28FIN4O2. The van der Waals surface area contributed by atoms with Gasteiger partial charge in [0.25, 0.3) is 0 Å². The highest BCUT2D eigenvalue weighted by Crippen LogP contribution is 2.21. The third kappa shape index (κ3) is 7.74. The monoisotopic (exact) mass is 466 g/mol. The van der Waals surface area contributed by atoms with Crippen molar-refractivity contribution in [2.24, 2.45) is 10.7 Å². The summed E-state index contributed by atoms with van der Waals surface area (Å²) in [5.41, 5.74) is 7.22. The Labute approximate surface area is 166 Å². The molecule has 2 rings (SSSR count). The second kappa shape index (κ2) is 12.3. The fourth-order valence-electron chi connectivity index (χ4n) is 2.48. The van der Waals surface area contributed by atoms with Gasteiger partial charge in [0.05, 0.1) is 25.4 Å². The number of nitrogens with one attached hydrogen (secondary N) is 1. The molecule has 1 aromatic rings. The molecule has 1 saturated heterocycles. The molecule has 1 fully saturated rings. The summed E-state index contributed by atoms with van der Waals surface area (Å²) in [7, 11) is 0. The maximum atomic E-state index is 14.3. The molecule has 6 nitrogen and oxygen atoms in total. The highest BCUT2D eigenvalue weighted by Gasteiger charge is 2.15. The predicted molar refractivity (Wildman–Crippen MR) is 109 cm³/mol. The number of hydrogen-bond donors (Lipinski definition) is 2. The molecule has 142 valence electrons. The summed E-state index contributed by atoms with van der Waals surface area (Å²) in [6, 6.07) is 5.22. The number of hydrogen-bond acceptors (Lipinski definition) is 4. The minimum Gasteiger partial charge on any atom is -0.382 e. The van der Waals surface area contributed by atoms with Crippen molar-refractivity contribution in [1.82, 2.24) is 5.32 Å². The molecule has 1 heterocycles. The van der Waals surface area contributed by atoms with E-state index in [4.69, 9.17) is 15.2 Å². The molecule has 1 aliphatic heterocycles. The van der Waals surface area contributed by atoms with Crippen molar-refractivity contribution < 1.29 is 13.9 Å². The Hall–Kier alpha value is -1.13. The summed E-state index contributed by atoms with van der Waals surface area (Å²) >= 11 is 0. The van der Waals surface area contributed by atoms with E-state index >= 15 is 0 Å².